The highest BCUT2D eigenvalue weighted by Crippen LogP contribution is 2.36. The van der Waals surface area contributed by atoms with Crippen LogP contribution in [0.1, 0.15) is 29.4 Å². The molecule has 3 rings (SSSR count). The molecular weight excluding hydrogens is 264 g/mol. The van der Waals surface area contributed by atoms with Crippen LogP contribution in [0.4, 0.5) is 0 Å². The number of amides is 1. The van der Waals surface area contributed by atoms with Crippen LogP contribution in [0, 0.1) is 0 Å². The van der Waals surface area contributed by atoms with Crippen LogP contribution in [-0.4, -0.2) is 23.3 Å². The van der Waals surface area contributed by atoms with Gasteiger partial charge in [-0.1, -0.05) is 0 Å². The summed E-state index contributed by atoms with van der Waals surface area (Å²) in [6.07, 6.45) is 5.18. The molecule has 1 fully saturated rings. The van der Waals surface area contributed by atoms with Gasteiger partial charge in [-0.2, -0.15) is 0 Å². The number of pyridine rings is 1. The van der Waals surface area contributed by atoms with Crippen LogP contribution in [0.25, 0.3) is 10.1 Å². The highest BCUT2D eigenvalue weighted by Gasteiger charge is 2.32. The van der Waals surface area contributed by atoms with Crippen LogP contribution in [0.2, 0.25) is 0 Å². The monoisotopic (exact) mass is 278 g/mol. The molecule has 0 aromatic carbocycles. The number of hydrogen-bond acceptors (Lipinski definition) is 5. The van der Waals surface area contributed by atoms with Crippen LogP contribution in [0.5, 0.6) is 5.75 Å². The lowest BCUT2D eigenvalue weighted by molar-refractivity contribution is -0.133. The molecule has 0 radical (unpaired) electrons. The molecule has 0 saturated carbocycles. The van der Waals surface area contributed by atoms with E-state index in [0.29, 0.717) is 17.2 Å². The maximum Gasteiger partial charge on any atom is 0.258 e. The van der Waals surface area contributed by atoms with Crippen LogP contribution < -0.4 is 10.5 Å². The van der Waals surface area contributed by atoms with Gasteiger partial charge in [0.05, 0.1) is 22.4 Å². The van der Waals surface area contributed by atoms with Gasteiger partial charge < -0.3 is 15.2 Å². The fourth-order valence-electron chi connectivity index (χ4n) is 2.21. The van der Waals surface area contributed by atoms with Gasteiger partial charge in [0.1, 0.15) is 5.75 Å². The van der Waals surface area contributed by atoms with Gasteiger partial charge >= 0.3 is 0 Å². The average molecular weight is 278 g/mol. The van der Waals surface area contributed by atoms with Gasteiger partial charge in [-0.15, -0.1) is 11.3 Å². The molecule has 2 N–H and O–H groups in total. The van der Waals surface area contributed by atoms with E-state index in [1.807, 2.05) is 6.92 Å². The first kappa shape index (κ1) is 12.4. The Bertz CT molecular complexity index is 632. The minimum Gasteiger partial charge on any atom is -0.460 e. The minimum atomic E-state index is -0.606. The number of hydrogen-bond donors (Lipinski definition) is 1. The van der Waals surface area contributed by atoms with E-state index in [0.717, 1.165) is 22.9 Å². The molecule has 0 aliphatic carbocycles. The van der Waals surface area contributed by atoms with Crippen molar-refractivity contribution in [1.82, 2.24) is 4.98 Å². The van der Waals surface area contributed by atoms with Crippen molar-refractivity contribution >= 4 is 27.3 Å². The Hall–Kier alpha value is -1.66. The third-order valence-corrected chi connectivity index (χ3v) is 4.25. The van der Waals surface area contributed by atoms with Gasteiger partial charge in [0.2, 0.25) is 5.79 Å². The number of ether oxygens (including phenoxy) is 2. The van der Waals surface area contributed by atoms with Crippen molar-refractivity contribution < 1.29 is 14.3 Å². The predicted molar refractivity (Wildman–Crippen MR) is 72.4 cm³/mol. The average Bonchev–Trinajstić information content (AvgIpc) is 2.96. The van der Waals surface area contributed by atoms with Gasteiger partial charge in [-0.3, -0.25) is 9.78 Å². The molecule has 19 heavy (non-hydrogen) atoms. The Kier molecular flexibility index (Phi) is 2.91. The summed E-state index contributed by atoms with van der Waals surface area (Å²) in [5.74, 6) is -0.411. The number of carbonyl (C=O) groups is 1. The van der Waals surface area contributed by atoms with E-state index in [2.05, 4.69) is 4.98 Å². The molecule has 1 aliphatic rings. The molecular formula is C13H14N2O3S. The molecule has 2 aromatic rings. The van der Waals surface area contributed by atoms with E-state index in [-0.39, 0.29) is 0 Å². The van der Waals surface area contributed by atoms with E-state index >= 15 is 0 Å². The second-order valence-electron chi connectivity index (χ2n) is 4.71. The minimum absolute atomic E-state index is 0.435. The molecule has 1 atom stereocenters. The number of aromatic nitrogens is 1. The highest BCUT2D eigenvalue weighted by atomic mass is 32.1. The summed E-state index contributed by atoms with van der Waals surface area (Å²) in [5, 5.41) is 0.852. The largest absolute Gasteiger partial charge is 0.460 e. The number of carbonyl (C=O) groups excluding carboxylic acids is 1. The van der Waals surface area contributed by atoms with E-state index < -0.39 is 11.7 Å². The lowest BCUT2D eigenvalue weighted by Crippen LogP contribution is -2.30. The summed E-state index contributed by atoms with van der Waals surface area (Å²) < 4.78 is 12.4. The van der Waals surface area contributed by atoms with E-state index in [1.54, 1.807) is 18.5 Å². The molecule has 6 heteroatoms. The maximum absolute atomic E-state index is 11.2. The summed E-state index contributed by atoms with van der Waals surface area (Å²) in [5.41, 5.74) is 5.30. The quantitative estimate of drug-likeness (QED) is 0.934. The lowest BCUT2D eigenvalue weighted by atomic mass is 10.2. The fraction of sp³-hybridized carbons (Fsp3) is 0.385. The highest BCUT2D eigenvalue weighted by molar-refractivity contribution is 7.20. The van der Waals surface area contributed by atoms with Gasteiger partial charge in [0, 0.05) is 24.9 Å². The summed E-state index contributed by atoms with van der Waals surface area (Å²) in [4.78, 5) is 15.9. The number of fused-ring (bicyclic) bond motifs is 1. The predicted octanol–water partition coefficient (Wildman–Crippen LogP) is 2.30. The first-order valence-electron chi connectivity index (χ1n) is 6.08. The van der Waals surface area contributed by atoms with E-state index in [4.69, 9.17) is 15.2 Å². The summed E-state index contributed by atoms with van der Waals surface area (Å²) in [7, 11) is 0. The zero-order valence-electron chi connectivity index (χ0n) is 10.5. The Balaban J connectivity index is 2.01. The molecule has 100 valence electrons. The summed E-state index contributed by atoms with van der Waals surface area (Å²) in [6, 6.07) is 1.75. The zero-order chi connectivity index (χ0) is 13.5. The van der Waals surface area contributed by atoms with Crippen molar-refractivity contribution in [3.05, 3.63) is 23.3 Å². The first-order valence-corrected chi connectivity index (χ1v) is 6.89. The topological polar surface area (TPSA) is 74.4 Å². The molecule has 0 bridgehead atoms. The SMILES string of the molecule is CC1(Oc2cncc3sc(C(N)=O)cc23)CCCO1. The van der Waals surface area contributed by atoms with Gasteiger partial charge in [-0.25, -0.2) is 0 Å². The van der Waals surface area contributed by atoms with E-state index in [1.165, 1.54) is 11.3 Å². The van der Waals surface area contributed by atoms with Crippen molar-refractivity contribution in [1.29, 1.82) is 0 Å². The normalized spacial score (nSPS) is 22.8. The van der Waals surface area contributed by atoms with Crippen molar-refractivity contribution in [2.75, 3.05) is 6.61 Å². The number of nitrogens with two attached hydrogens (primary N) is 1. The van der Waals surface area contributed by atoms with Gasteiger partial charge in [-0.05, 0) is 12.5 Å². The molecule has 1 aliphatic heterocycles. The van der Waals surface area contributed by atoms with Gasteiger partial charge in [0.15, 0.2) is 0 Å². The van der Waals surface area contributed by atoms with Crippen molar-refractivity contribution in [2.45, 2.75) is 25.6 Å². The Morgan fingerprint density at radius 3 is 3.11 bits per heavy atom. The third-order valence-electron chi connectivity index (χ3n) is 3.16. The molecule has 3 heterocycles. The third kappa shape index (κ3) is 2.29. The number of rotatable bonds is 3. The zero-order valence-corrected chi connectivity index (χ0v) is 11.3. The Morgan fingerprint density at radius 2 is 2.42 bits per heavy atom. The molecule has 5 nitrogen and oxygen atoms in total. The maximum atomic E-state index is 11.2. The van der Waals surface area contributed by atoms with Crippen LogP contribution >= 0.6 is 11.3 Å². The fourth-order valence-corrected chi connectivity index (χ4v) is 3.10. The Morgan fingerprint density at radius 1 is 1.58 bits per heavy atom. The number of thiophene rings is 1. The number of nitrogens with zero attached hydrogens (tertiary/aromatic N) is 1. The molecule has 1 saturated heterocycles. The lowest BCUT2D eigenvalue weighted by Gasteiger charge is -2.24. The smallest absolute Gasteiger partial charge is 0.258 e. The number of primary amides is 1. The second kappa shape index (κ2) is 4.47. The van der Waals surface area contributed by atoms with Crippen molar-refractivity contribution in [3.8, 4) is 5.75 Å². The Labute approximate surface area is 114 Å². The van der Waals surface area contributed by atoms with Crippen molar-refractivity contribution in [2.24, 2.45) is 5.73 Å². The molecule has 1 unspecified atom stereocenters. The van der Waals surface area contributed by atoms with Crippen LogP contribution in [0.3, 0.4) is 0 Å². The summed E-state index contributed by atoms with van der Waals surface area (Å²) in [6.45, 7) is 2.62. The first-order chi connectivity index (χ1) is 9.07. The standard InChI is InChI=1S/C13H14N2O3S/c1-13(3-2-4-17-13)18-9-6-15-7-11-8(9)5-10(19-11)12(14)16/h5-7H,2-4H2,1H3,(H2,14,16). The second-order valence-corrected chi connectivity index (χ2v) is 5.80. The van der Waals surface area contributed by atoms with Crippen LogP contribution in [0.15, 0.2) is 18.5 Å². The van der Waals surface area contributed by atoms with Gasteiger partial charge in [0.25, 0.3) is 5.91 Å². The van der Waals surface area contributed by atoms with Crippen molar-refractivity contribution in [3.63, 3.8) is 0 Å². The molecule has 0 spiro atoms. The summed E-state index contributed by atoms with van der Waals surface area (Å²) >= 11 is 1.32. The van der Waals surface area contributed by atoms with Crippen LogP contribution in [-0.2, 0) is 4.74 Å². The molecule has 2 aromatic heterocycles. The molecule has 1 amide bonds. The van der Waals surface area contributed by atoms with E-state index in [9.17, 15) is 4.79 Å².